The number of hydrogen-bond donors (Lipinski definition) is 3. The third kappa shape index (κ3) is 5.59. The minimum absolute atomic E-state index is 0.112. The Morgan fingerprint density at radius 3 is 2.47 bits per heavy atom. The highest BCUT2D eigenvalue weighted by Gasteiger charge is 2.12. The fourth-order valence-corrected chi connectivity index (χ4v) is 3.95. The lowest BCUT2D eigenvalue weighted by Crippen LogP contribution is -2.19. The summed E-state index contributed by atoms with van der Waals surface area (Å²) < 4.78 is 0. The lowest BCUT2D eigenvalue weighted by atomic mass is 10.0. The molecule has 3 amide bonds. The van der Waals surface area contributed by atoms with E-state index in [1.807, 2.05) is 85.8 Å². The highest BCUT2D eigenvalue weighted by Crippen LogP contribution is 2.27. The predicted molar refractivity (Wildman–Crippen MR) is 130 cm³/mol. The second-order valence-corrected chi connectivity index (χ2v) is 8.09. The molecular formula is C25H22N4O2S. The van der Waals surface area contributed by atoms with Gasteiger partial charge in [-0.05, 0) is 36.2 Å². The Morgan fingerprint density at radius 1 is 0.875 bits per heavy atom. The molecule has 1 heterocycles. The molecule has 1 aromatic heterocycles. The zero-order valence-corrected chi connectivity index (χ0v) is 18.3. The Bertz CT molecular complexity index is 1240. The first-order chi connectivity index (χ1) is 15.6. The van der Waals surface area contributed by atoms with Gasteiger partial charge >= 0.3 is 6.03 Å². The van der Waals surface area contributed by atoms with Crippen LogP contribution in [0.4, 0.5) is 21.3 Å². The summed E-state index contributed by atoms with van der Waals surface area (Å²) in [5, 5.41) is 10.7. The molecule has 0 radical (unpaired) electrons. The SMILES string of the molecule is Cc1cccc(NC(=O)Nc2nc(CC(=O)Nc3ccccc3-c3ccccc3)cs2)c1. The molecule has 0 aliphatic heterocycles. The smallest absolute Gasteiger partial charge is 0.325 e. The lowest BCUT2D eigenvalue weighted by Gasteiger charge is -2.11. The second kappa shape index (κ2) is 9.89. The van der Waals surface area contributed by atoms with E-state index in [1.54, 1.807) is 5.38 Å². The van der Waals surface area contributed by atoms with E-state index in [4.69, 9.17) is 0 Å². The van der Waals surface area contributed by atoms with Crippen molar-refractivity contribution in [1.29, 1.82) is 0 Å². The summed E-state index contributed by atoms with van der Waals surface area (Å²) in [6.45, 7) is 1.96. The number of rotatable bonds is 6. The van der Waals surface area contributed by atoms with E-state index >= 15 is 0 Å². The standard InChI is InChI=1S/C25H22N4O2S/c1-17-8-7-11-19(14-17)26-24(31)29-25-27-20(16-32-25)15-23(30)28-22-13-6-5-12-21(22)18-9-3-2-4-10-18/h2-14,16H,15H2,1H3,(H,28,30)(H2,26,27,29,31). The van der Waals surface area contributed by atoms with Gasteiger partial charge in [0.15, 0.2) is 5.13 Å². The van der Waals surface area contributed by atoms with Gasteiger partial charge in [-0.1, -0.05) is 60.7 Å². The van der Waals surface area contributed by atoms with Crippen LogP contribution in [0, 0.1) is 6.92 Å². The molecule has 0 fully saturated rings. The molecule has 0 aliphatic carbocycles. The molecule has 4 aromatic rings. The van der Waals surface area contributed by atoms with Crippen molar-refractivity contribution in [3.63, 3.8) is 0 Å². The number of amides is 3. The lowest BCUT2D eigenvalue weighted by molar-refractivity contribution is -0.115. The van der Waals surface area contributed by atoms with Gasteiger partial charge in [-0.15, -0.1) is 11.3 Å². The van der Waals surface area contributed by atoms with Gasteiger partial charge in [0.05, 0.1) is 12.1 Å². The van der Waals surface area contributed by atoms with Crippen molar-refractivity contribution >= 4 is 39.8 Å². The van der Waals surface area contributed by atoms with Crippen LogP contribution in [0.1, 0.15) is 11.3 Å². The summed E-state index contributed by atoms with van der Waals surface area (Å²) in [4.78, 5) is 29.2. The number of carbonyl (C=O) groups excluding carboxylic acids is 2. The molecule has 32 heavy (non-hydrogen) atoms. The van der Waals surface area contributed by atoms with Gasteiger partial charge in [-0.2, -0.15) is 0 Å². The molecule has 3 aromatic carbocycles. The van der Waals surface area contributed by atoms with Gasteiger partial charge in [0.2, 0.25) is 5.91 Å². The maximum atomic E-state index is 12.6. The molecule has 6 nitrogen and oxygen atoms in total. The van der Waals surface area contributed by atoms with Crippen molar-refractivity contribution in [1.82, 2.24) is 4.98 Å². The Kier molecular flexibility index (Phi) is 6.57. The molecule has 0 saturated heterocycles. The van der Waals surface area contributed by atoms with Gasteiger partial charge in [0, 0.05) is 22.3 Å². The Morgan fingerprint density at radius 2 is 1.66 bits per heavy atom. The third-order valence-corrected chi connectivity index (χ3v) is 5.48. The molecular weight excluding hydrogens is 420 g/mol. The van der Waals surface area contributed by atoms with Crippen LogP contribution in [0.5, 0.6) is 0 Å². The number of carbonyl (C=O) groups is 2. The van der Waals surface area contributed by atoms with Crippen LogP contribution in [0.3, 0.4) is 0 Å². The number of para-hydroxylation sites is 1. The average Bonchev–Trinajstić information content (AvgIpc) is 3.21. The molecule has 160 valence electrons. The van der Waals surface area contributed by atoms with Gasteiger partial charge in [-0.25, -0.2) is 9.78 Å². The van der Waals surface area contributed by atoms with Crippen LogP contribution in [0.15, 0.2) is 84.2 Å². The highest BCUT2D eigenvalue weighted by molar-refractivity contribution is 7.14. The van der Waals surface area contributed by atoms with E-state index in [2.05, 4.69) is 20.9 Å². The zero-order chi connectivity index (χ0) is 22.3. The first-order valence-electron chi connectivity index (χ1n) is 10.1. The Labute approximate surface area is 190 Å². The number of aryl methyl sites for hydroxylation is 1. The largest absolute Gasteiger partial charge is 0.325 e. The number of thiazole rings is 1. The van der Waals surface area contributed by atoms with Crippen molar-refractivity contribution in [3.8, 4) is 11.1 Å². The van der Waals surface area contributed by atoms with Gasteiger partial charge in [-0.3, -0.25) is 10.1 Å². The normalized spacial score (nSPS) is 10.4. The molecule has 7 heteroatoms. The molecule has 3 N–H and O–H groups in total. The van der Waals surface area contributed by atoms with Gasteiger partial charge < -0.3 is 10.6 Å². The van der Waals surface area contributed by atoms with Gasteiger partial charge in [0.1, 0.15) is 0 Å². The number of nitrogens with one attached hydrogen (secondary N) is 3. The molecule has 4 rings (SSSR count). The summed E-state index contributed by atoms with van der Waals surface area (Å²) in [6, 6.07) is 24.7. The fourth-order valence-electron chi connectivity index (χ4n) is 3.25. The summed E-state index contributed by atoms with van der Waals surface area (Å²) >= 11 is 1.28. The van der Waals surface area contributed by atoms with Crippen LogP contribution in [0.2, 0.25) is 0 Å². The first-order valence-corrected chi connectivity index (χ1v) is 11.0. The second-order valence-electron chi connectivity index (χ2n) is 7.23. The monoisotopic (exact) mass is 442 g/mol. The summed E-state index contributed by atoms with van der Waals surface area (Å²) in [5.41, 5.74) is 5.08. The Balaban J connectivity index is 1.36. The molecule has 0 aliphatic rings. The van der Waals surface area contributed by atoms with Crippen LogP contribution in [-0.2, 0) is 11.2 Å². The third-order valence-electron chi connectivity index (χ3n) is 4.68. The first kappa shape index (κ1) is 21.3. The number of hydrogen-bond acceptors (Lipinski definition) is 4. The Hall–Kier alpha value is -3.97. The van der Waals surface area contributed by atoms with E-state index in [9.17, 15) is 9.59 Å². The van der Waals surface area contributed by atoms with Crippen molar-refractivity contribution < 1.29 is 9.59 Å². The molecule has 0 saturated carbocycles. The summed E-state index contributed by atoms with van der Waals surface area (Å²) in [7, 11) is 0. The summed E-state index contributed by atoms with van der Waals surface area (Å²) in [6.07, 6.45) is 0.112. The molecule has 0 atom stereocenters. The number of nitrogens with zero attached hydrogens (tertiary/aromatic N) is 1. The minimum Gasteiger partial charge on any atom is -0.325 e. The quantitative estimate of drug-likeness (QED) is 0.345. The molecule has 0 bridgehead atoms. The minimum atomic E-state index is -0.377. The van der Waals surface area contributed by atoms with Crippen LogP contribution in [-0.4, -0.2) is 16.9 Å². The highest BCUT2D eigenvalue weighted by atomic mass is 32.1. The van der Waals surface area contributed by atoms with Crippen LogP contribution >= 0.6 is 11.3 Å². The van der Waals surface area contributed by atoms with E-state index in [1.165, 1.54) is 11.3 Å². The average molecular weight is 443 g/mol. The number of anilines is 3. The number of benzene rings is 3. The van der Waals surface area contributed by atoms with E-state index in [0.717, 1.165) is 22.4 Å². The van der Waals surface area contributed by atoms with Gasteiger partial charge in [0.25, 0.3) is 0 Å². The predicted octanol–water partition coefficient (Wildman–Crippen LogP) is 5.94. The zero-order valence-electron chi connectivity index (χ0n) is 17.5. The molecule has 0 spiro atoms. The van der Waals surface area contributed by atoms with E-state index in [0.29, 0.717) is 16.5 Å². The fraction of sp³-hybridized carbons (Fsp3) is 0.0800. The molecule has 0 unspecified atom stereocenters. The van der Waals surface area contributed by atoms with Crippen molar-refractivity contribution in [3.05, 3.63) is 95.5 Å². The van der Waals surface area contributed by atoms with Crippen LogP contribution in [0.25, 0.3) is 11.1 Å². The van der Waals surface area contributed by atoms with E-state index < -0.39 is 0 Å². The summed E-state index contributed by atoms with van der Waals surface area (Å²) in [5.74, 6) is -0.172. The van der Waals surface area contributed by atoms with Crippen LogP contribution < -0.4 is 16.0 Å². The van der Waals surface area contributed by atoms with Crippen molar-refractivity contribution in [2.45, 2.75) is 13.3 Å². The number of aromatic nitrogens is 1. The maximum Gasteiger partial charge on any atom is 0.325 e. The number of urea groups is 1. The van der Waals surface area contributed by atoms with Crippen molar-refractivity contribution in [2.75, 3.05) is 16.0 Å². The van der Waals surface area contributed by atoms with Crippen molar-refractivity contribution in [2.24, 2.45) is 0 Å². The topological polar surface area (TPSA) is 83.1 Å². The van der Waals surface area contributed by atoms with E-state index in [-0.39, 0.29) is 18.4 Å². The maximum absolute atomic E-state index is 12.6.